The molecule has 3 rings (SSSR count). The summed E-state index contributed by atoms with van der Waals surface area (Å²) in [6, 6.07) is 15.2. The number of aryl methyl sites for hydroxylation is 2. The molecule has 1 N–H and O–H groups in total. The first-order valence-electron chi connectivity index (χ1n) is 8.42. The van der Waals surface area contributed by atoms with Gasteiger partial charge >= 0.3 is 0 Å². The summed E-state index contributed by atoms with van der Waals surface area (Å²) < 4.78 is 23.3. The van der Waals surface area contributed by atoms with Crippen LogP contribution in [-0.4, -0.2) is 30.5 Å². The molecular formula is C20H19N3O3S2. The lowest BCUT2D eigenvalue weighted by Gasteiger charge is -2.08. The highest BCUT2D eigenvalue weighted by molar-refractivity contribution is 7.99. The highest BCUT2D eigenvalue weighted by Crippen LogP contribution is 2.26. The van der Waals surface area contributed by atoms with E-state index in [9.17, 15) is 13.2 Å². The standard InChI is InChI=1S/C20H19N3O3S2/c1-13-11-14(2)22-20(21-13)27-17-9-7-16(8-10-17)23-19(24)15-5-4-6-18(12-15)28(3,25)26/h4-12H,1-3H3,(H,23,24). The lowest BCUT2D eigenvalue weighted by atomic mass is 10.2. The third-order valence-corrected chi connectivity index (χ3v) is 5.79. The van der Waals surface area contributed by atoms with E-state index in [0.29, 0.717) is 10.8 Å². The molecule has 1 aromatic heterocycles. The zero-order chi connectivity index (χ0) is 20.3. The van der Waals surface area contributed by atoms with Crippen molar-refractivity contribution in [3.63, 3.8) is 0 Å². The van der Waals surface area contributed by atoms with Crippen LogP contribution in [0, 0.1) is 13.8 Å². The summed E-state index contributed by atoms with van der Waals surface area (Å²) in [5.41, 5.74) is 2.72. The van der Waals surface area contributed by atoms with Crippen LogP contribution in [0.2, 0.25) is 0 Å². The predicted octanol–water partition coefficient (Wildman–Crippen LogP) is 3.90. The first kappa shape index (κ1) is 20.0. The summed E-state index contributed by atoms with van der Waals surface area (Å²) in [4.78, 5) is 22.3. The molecule has 1 amide bonds. The highest BCUT2D eigenvalue weighted by atomic mass is 32.2. The molecule has 6 nitrogen and oxygen atoms in total. The van der Waals surface area contributed by atoms with Crippen LogP contribution in [0.3, 0.4) is 0 Å². The van der Waals surface area contributed by atoms with Gasteiger partial charge in [-0.1, -0.05) is 6.07 Å². The Hall–Kier alpha value is -2.71. The van der Waals surface area contributed by atoms with Crippen molar-refractivity contribution >= 4 is 33.2 Å². The number of nitrogens with one attached hydrogen (secondary N) is 1. The van der Waals surface area contributed by atoms with Gasteiger partial charge in [0, 0.05) is 33.8 Å². The van der Waals surface area contributed by atoms with E-state index in [0.717, 1.165) is 22.5 Å². The molecule has 0 aliphatic heterocycles. The molecule has 144 valence electrons. The summed E-state index contributed by atoms with van der Waals surface area (Å²) >= 11 is 1.44. The van der Waals surface area contributed by atoms with Gasteiger partial charge in [0.2, 0.25) is 0 Å². The fourth-order valence-electron chi connectivity index (χ4n) is 2.52. The number of aromatic nitrogens is 2. The molecule has 0 unspecified atom stereocenters. The van der Waals surface area contributed by atoms with Crippen LogP contribution in [0.4, 0.5) is 5.69 Å². The van der Waals surface area contributed by atoms with E-state index in [4.69, 9.17) is 0 Å². The number of nitrogens with zero attached hydrogens (tertiary/aromatic N) is 2. The van der Waals surface area contributed by atoms with Crippen molar-refractivity contribution in [1.82, 2.24) is 9.97 Å². The van der Waals surface area contributed by atoms with E-state index < -0.39 is 9.84 Å². The van der Waals surface area contributed by atoms with Gasteiger partial charge in [-0.2, -0.15) is 0 Å². The Kier molecular flexibility index (Phi) is 5.81. The molecule has 2 aromatic carbocycles. The second-order valence-electron chi connectivity index (χ2n) is 6.31. The fourth-order valence-corrected chi connectivity index (χ4v) is 4.05. The van der Waals surface area contributed by atoms with Crippen LogP contribution in [0.25, 0.3) is 0 Å². The van der Waals surface area contributed by atoms with E-state index in [2.05, 4.69) is 15.3 Å². The molecule has 0 fully saturated rings. The molecule has 0 bridgehead atoms. The smallest absolute Gasteiger partial charge is 0.255 e. The van der Waals surface area contributed by atoms with Gasteiger partial charge in [0.25, 0.3) is 5.91 Å². The molecule has 1 heterocycles. The number of carbonyl (C=O) groups excluding carboxylic acids is 1. The number of benzene rings is 2. The molecular weight excluding hydrogens is 394 g/mol. The summed E-state index contributed by atoms with van der Waals surface area (Å²) in [5.74, 6) is -0.372. The molecule has 0 aliphatic carbocycles. The number of anilines is 1. The second-order valence-corrected chi connectivity index (χ2v) is 9.37. The van der Waals surface area contributed by atoms with Crippen LogP contribution >= 0.6 is 11.8 Å². The number of rotatable bonds is 5. The molecule has 0 spiro atoms. The first-order chi connectivity index (χ1) is 13.2. The maximum absolute atomic E-state index is 12.4. The van der Waals surface area contributed by atoms with Gasteiger partial charge in [-0.3, -0.25) is 4.79 Å². The summed E-state index contributed by atoms with van der Waals surface area (Å²) in [5, 5.41) is 3.44. The average Bonchev–Trinajstić information content (AvgIpc) is 2.62. The maximum atomic E-state index is 12.4. The predicted molar refractivity (Wildman–Crippen MR) is 110 cm³/mol. The minimum Gasteiger partial charge on any atom is -0.322 e. The first-order valence-corrected chi connectivity index (χ1v) is 11.1. The lowest BCUT2D eigenvalue weighted by Crippen LogP contribution is -2.12. The third kappa shape index (κ3) is 5.17. The Labute approximate surface area is 168 Å². The molecule has 0 saturated carbocycles. The van der Waals surface area contributed by atoms with Crippen molar-refractivity contribution in [2.75, 3.05) is 11.6 Å². The van der Waals surface area contributed by atoms with E-state index in [1.54, 1.807) is 24.3 Å². The quantitative estimate of drug-likeness (QED) is 0.638. The minimum atomic E-state index is -3.37. The van der Waals surface area contributed by atoms with Gasteiger partial charge in [-0.05, 0) is 74.1 Å². The fraction of sp³-hybridized carbons (Fsp3) is 0.150. The molecule has 3 aromatic rings. The Bertz CT molecular complexity index is 1110. The number of hydrogen-bond donors (Lipinski definition) is 1. The Morgan fingerprint density at radius 2 is 1.61 bits per heavy atom. The van der Waals surface area contributed by atoms with Gasteiger partial charge in [-0.25, -0.2) is 18.4 Å². The zero-order valence-corrected chi connectivity index (χ0v) is 17.3. The third-order valence-electron chi connectivity index (χ3n) is 3.81. The molecule has 8 heteroatoms. The topological polar surface area (TPSA) is 89.0 Å². The number of sulfone groups is 1. The van der Waals surface area contributed by atoms with E-state index in [1.165, 1.54) is 23.9 Å². The number of hydrogen-bond acceptors (Lipinski definition) is 6. The summed E-state index contributed by atoms with van der Waals surface area (Å²) in [7, 11) is -3.37. The minimum absolute atomic E-state index is 0.111. The monoisotopic (exact) mass is 413 g/mol. The van der Waals surface area contributed by atoms with Crippen molar-refractivity contribution in [3.8, 4) is 0 Å². The Balaban J connectivity index is 1.71. The average molecular weight is 414 g/mol. The van der Waals surface area contributed by atoms with Gasteiger partial charge in [0.1, 0.15) is 0 Å². The van der Waals surface area contributed by atoms with Gasteiger partial charge in [0.05, 0.1) is 4.90 Å². The van der Waals surface area contributed by atoms with Gasteiger partial charge in [-0.15, -0.1) is 0 Å². The SMILES string of the molecule is Cc1cc(C)nc(Sc2ccc(NC(=O)c3cccc(S(C)(=O)=O)c3)cc2)n1. The van der Waals surface area contributed by atoms with Crippen LogP contribution in [0.15, 0.2) is 69.5 Å². The van der Waals surface area contributed by atoms with Gasteiger partial charge in [0.15, 0.2) is 15.0 Å². The van der Waals surface area contributed by atoms with E-state index >= 15 is 0 Å². The molecule has 0 atom stereocenters. The Morgan fingerprint density at radius 1 is 0.964 bits per heavy atom. The van der Waals surface area contributed by atoms with Crippen molar-refractivity contribution in [3.05, 3.63) is 71.5 Å². The lowest BCUT2D eigenvalue weighted by molar-refractivity contribution is 0.102. The van der Waals surface area contributed by atoms with Crippen molar-refractivity contribution in [1.29, 1.82) is 0 Å². The normalized spacial score (nSPS) is 11.2. The van der Waals surface area contributed by atoms with Crippen molar-refractivity contribution < 1.29 is 13.2 Å². The summed E-state index contributed by atoms with van der Waals surface area (Å²) in [6.45, 7) is 3.85. The molecule has 0 radical (unpaired) electrons. The number of amides is 1. The van der Waals surface area contributed by atoms with E-state index in [-0.39, 0.29) is 16.4 Å². The van der Waals surface area contributed by atoms with Crippen molar-refractivity contribution in [2.24, 2.45) is 0 Å². The van der Waals surface area contributed by atoms with Gasteiger partial charge < -0.3 is 5.32 Å². The Morgan fingerprint density at radius 3 is 2.21 bits per heavy atom. The van der Waals surface area contributed by atoms with E-state index in [1.807, 2.05) is 32.0 Å². The highest BCUT2D eigenvalue weighted by Gasteiger charge is 2.12. The largest absolute Gasteiger partial charge is 0.322 e. The van der Waals surface area contributed by atoms with Crippen molar-refractivity contribution in [2.45, 2.75) is 28.8 Å². The summed E-state index contributed by atoms with van der Waals surface area (Å²) in [6.07, 6.45) is 1.11. The zero-order valence-electron chi connectivity index (χ0n) is 15.6. The molecule has 0 aliphatic rings. The maximum Gasteiger partial charge on any atom is 0.255 e. The molecule has 28 heavy (non-hydrogen) atoms. The second kappa shape index (κ2) is 8.12. The molecule has 0 saturated heterocycles. The van der Waals surface area contributed by atoms with Crippen LogP contribution in [0.1, 0.15) is 21.7 Å². The van der Waals surface area contributed by atoms with Crippen LogP contribution in [-0.2, 0) is 9.84 Å². The van der Waals surface area contributed by atoms with Crippen LogP contribution < -0.4 is 5.32 Å². The number of carbonyl (C=O) groups is 1. The van der Waals surface area contributed by atoms with Crippen LogP contribution in [0.5, 0.6) is 0 Å².